The Bertz CT molecular complexity index is 883. The standard InChI is InChI=1S/C19H17ClN2O2S.B/c1-13-5-3-4-6-16(13)22(18(23)17-11-21-19(20)25-17)12-14-7-9-15(24-2)10-8-14;/h3-11H,12H2,1-2H3;. The van der Waals surface area contributed by atoms with Gasteiger partial charge in [0.1, 0.15) is 10.6 Å². The lowest BCUT2D eigenvalue weighted by Gasteiger charge is -2.24. The molecule has 0 saturated carbocycles. The number of methoxy groups -OCH3 is 1. The molecule has 0 saturated heterocycles. The molecule has 0 fully saturated rings. The fourth-order valence-electron chi connectivity index (χ4n) is 2.53. The number of para-hydroxylation sites is 1. The zero-order valence-electron chi connectivity index (χ0n) is 14.5. The number of amides is 1. The first-order chi connectivity index (χ1) is 12.1. The average Bonchev–Trinajstić information content (AvgIpc) is 3.07. The van der Waals surface area contributed by atoms with Crippen LogP contribution >= 0.6 is 22.9 Å². The number of aromatic nitrogens is 1. The van der Waals surface area contributed by atoms with Crippen LogP contribution in [0.5, 0.6) is 5.75 Å². The average molecular weight is 384 g/mol. The Hall–Kier alpha value is -2.31. The van der Waals surface area contributed by atoms with Gasteiger partial charge >= 0.3 is 0 Å². The molecule has 131 valence electrons. The summed E-state index contributed by atoms with van der Waals surface area (Å²) in [5.41, 5.74) is 2.90. The minimum Gasteiger partial charge on any atom is -0.497 e. The highest BCUT2D eigenvalue weighted by Crippen LogP contribution is 2.27. The predicted octanol–water partition coefficient (Wildman–Crippen LogP) is 4.58. The van der Waals surface area contributed by atoms with Gasteiger partial charge in [0.2, 0.25) is 0 Å². The third-order valence-corrected chi connectivity index (χ3v) is 4.94. The van der Waals surface area contributed by atoms with E-state index in [4.69, 9.17) is 16.3 Å². The zero-order chi connectivity index (χ0) is 17.8. The van der Waals surface area contributed by atoms with Crippen LogP contribution in [0.15, 0.2) is 54.7 Å². The predicted molar refractivity (Wildman–Crippen MR) is 108 cm³/mol. The highest BCUT2D eigenvalue weighted by Gasteiger charge is 2.21. The molecule has 0 spiro atoms. The molecule has 3 rings (SSSR count). The topological polar surface area (TPSA) is 42.4 Å². The van der Waals surface area contributed by atoms with Gasteiger partial charge in [-0.15, -0.1) is 0 Å². The summed E-state index contributed by atoms with van der Waals surface area (Å²) in [7, 11) is 1.63. The third kappa shape index (κ3) is 4.45. The lowest BCUT2D eigenvalue weighted by molar-refractivity contribution is 0.0988. The number of nitrogens with zero attached hydrogens (tertiary/aromatic N) is 2. The van der Waals surface area contributed by atoms with E-state index in [2.05, 4.69) is 4.98 Å². The Kier molecular flexibility index (Phi) is 6.83. The van der Waals surface area contributed by atoms with E-state index in [1.54, 1.807) is 12.0 Å². The SMILES string of the molecule is COc1ccc(CN(C(=O)c2cnc(Cl)s2)c2ccccc2C)cc1.[B]. The van der Waals surface area contributed by atoms with Gasteiger partial charge in [-0.1, -0.05) is 53.3 Å². The summed E-state index contributed by atoms with van der Waals surface area (Å²) in [6, 6.07) is 15.5. The second-order valence-electron chi connectivity index (χ2n) is 5.50. The number of hydrogen-bond donors (Lipinski definition) is 0. The lowest BCUT2D eigenvalue weighted by Crippen LogP contribution is -2.30. The molecule has 4 nitrogen and oxygen atoms in total. The first-order valence-electron chi connectivity index (χ1n) is 7.70. The summed E-state index contributed by atoms with van der Waals surface area (Å²) < 4.78 is 5.55. The maximum atomic E-state index is 13.1. The van der Waals surface area contributed by atoms with Gasteiger partial charge in [-0.3, -0.25) is 4.79 Å². The van der Waals surface area contributed by atoms with Crippen LogP contribution in [0.2, 0.25) is 4.47 Å². The Morgan fingerprint density at radius 3 is 2.46 bits per heavy atom. The summed E-state index contributed by atoms with van der Waals surface area (Å²) in [6.07, 6.45) is 1.52. The lowest BCUT2D eigenvalue weighted by atomic mass is 10.1. The molecule has 3 radical (unpaired) electrons. The summed E-state index contributed by atoms with van der Waals surface area (Å²) in [5, 5.41) is 0. The molecule has 0 unspecified atom stereocenters. The molecule has 1 aromatic heterocycles. The van der Waals surface area contributed by atoms with Gasteiger partial charge in [0.05, 0.1) is 19.9 Å². The van der Waals surface area contributed by atoms with Crippen molar-refractivity contribution in [3.63, 3.8) is 0 Å². The molecule has 0 atom stereocenters. The number of halogens is 1. The Labute approximate surface area is 164 Å². The number of hydrogen-bond acceptors (Lipinski definition) is 4. The largest absolute Gasteiger partial charge is 0.497 e. The van der Waals surface area contributed by atoms with Crippen LogP contribution in [-0.2, 0) is 6.54 Å². The van der Waals surface area contributed by atoms with Crippen LogP contribution in [0, 0.1) is 6.92 Å². The maximum Gasteiger partial charge on any atom is 0.270 e. The van der Waals surface area contributed by atoms with Crippen LogP contribution in [-0.4, -0.2) is 26.4 Å². The van der Waals surface area contributed by atoms with Crippen molar-refractivity contribution in [2.75, 3.05) is 12.0 Å². The maximum absolute atomic E-state index is 13.1. The van der Waals surface area contributed by atoms with Crippen LogP contribution in [0.1, 0.15) is 20.8 Å². The Balaban J connectivity index is 0.00000243. The molecule has 0 N–H and O–H groups in total. The van der Waals surface area contributed by atoms with E-state index in [-0.39, 0.29) is 14.3 Å². The molecule has 7 heteroatoms. The van der Waals surface area contributed by atoms with Crippen molar-refractivity contribution in [1.82, 2.24) is 4.98 Å². The highest BCUT2D eigenvalue weighted by molar-refractivity contribution is 7.17. The van der Waals surface area contributed by atoms with Crippen molar-refractivity contribution in [1.29, 1.82) is 0 Å². The normalized spacial score (nSPS) is 10.1. The second kappa shape index (κ2) is 8.87. The fraction of sp³-hybridized carbons (Fsp3) is 0.158. The second-order valence-corrected chi connectivity index (χ2v) is 7.12. The molecule has 1 amide bonds. The van der Waals surface area contributed by atoms with Gasteiger partial charge in [0.25, 0.3) is 5.91 Å². The molecule has 26 heavy (non-hydrogen) atoms. The van der Waals surface area contributed by atoms with Crippen molar-refractivity contribution in [2.24, 2.45) is 0 Å². The first-order valence-corrected chi connectivity index (χ1v) is 8.89. The first kappa shape index (κ1) is 20.0. The number of carbonyl (C=O) groups excluding carboxylic acids is 1. The van der Waals surface area contributed by atoms with Crippen molar-refractivity contribution >= 4 is 42.9 Å². The summed E-state index contributed by atoms with van der Waals surface area (Å²) in [5.74, 6) is 0.668. The van der Waals surface area contributed by atoms with Crippen LogP contribution in [0.4, 0.5) is 5.69 Å². The Morgan fingerprint density at radius 2 is 1.88 bits per heavy atom. The molecule has 0 bridgehead atoms. The smallest absolute Gasteiger partial charge is 0.270 e. The summed E-state index contributed by atoms with van der Waals surface area (Å²) >= 11 is 7.09. The molecule has 0 aliphatic heterocycles. The Morgan fingerprint density at radius 1 is 1.19 bits per heavy atom. The van der Waals surface area contributed by atoms with Crippen LogP contribution < -0.4 is 9.64 Å². The van der Waals surface area contributed by atoms with Crippen molar-refractivity contribution < 1.29 is 9.53 Å². The highest BCUT2D eigenvalue weighted by atomic mass is 35.5. The number of thiazole rings is 1. The number of carbonyl (C=O) groups is 1. The van der Waals surface area contributed by atoms with E-state index in [9.17, 15) is 4.79 Å². The van der Waals surface area contributed by atoms with E-state index < -0.39 is 0 Å². The summed E-state index contributed by atoms with van der Waals surface area (Å²) in [4.78, 5) is 19.3. The van der Waals surface area contributed by atoms with E-state index in [0.717, 1.165) is 22.6 Å². The molecule has 3 aromatic rings. The van der Waals surface area contributed by atoms with Crippen molar-refractivity contribution in [2.45, 2.75) is 13.5 Å². The van der Waals surface area contributed by atoms with Gasteiger partial charge in [-0.25, -0.2) is 4.98 Å². The zero-order valence-corrected chi connectivity index (χ0v) is 16.1. The van der Waals surface area contributed by atoms with E-state index in [1.165, 1.54) is 17.5 Å². The molecule has 0 aliphatic rings. The van der Waals surface area contributed by atoms with Crippen molar-refractivity contribution in [3.05, 3.63) is 75.2 Å². The van der Waals surface area contributed by atoms with E-state index in [1.807, 2.05) is 55.5 Å². The number of rotatable bonds is 5. The van der Waals surface area contributed by atoms with E-state index in [0.29, 0.717) is 15.9 Å². The number of aryl methyl sites for hydroxylation is 1. The molecule has 1 heterocycles. The van der Waals surface area contributed by atoms with Gasteiger partial charge in [-0.2, -0.15) is 0 Å². The molecule has 0 aliphatic carbocycles. The minimum absolute atomic E-state index is 0. The van der Waals surface area contributed by atoms with Gasteiger partial charge in [0, 0.05) is 14.1 Å². The fourth-order valence-corrected chi connectivity index (χ4v) is 3.42. The molecular formula is C19H17BClN2O2S. The van der Waals surface area contributed by atoms with E-state index >= 15 is 0 Å². The number of anilines is 1. The molecular weight excluding hydrogens is 367 g/mol. The van der Waals surface area contributed by atoms with Gasteiger partial charge in [-0.05, 0) is 36.2 Å². The monoisotopic (exact) mass is 383 g/mol. The number of ether oxygens (including phenoxy) is 1. The summed E-state index contributed by atoms with van der Waals surface area (Å²) in [6.45, 7) is 2.44. The van der Waals surface area contributed by atoms with Crippen LogP contribution in [0.25, 0.3) is 0 Å². The van der Waals surface area contributed by atoms with Gasteiger partial charge in [0.15, 0.2) is 4.47 Å². The quantitative estimate of drug-likeness (QED) is 0.606. The molecule has 2 aromatic carbocycles. The van der Waals surface area contributed by atoms with Gasteiger partial charge < -0.3 is 9.64 Å². The van der Waals surface area contributed by atoms with Crippen molar-refractivity contribution in [3.8, 4) is 5.75 Å². The number of benzene rings is 2. The minimum atomic E-state index is -0.116. The third-order valence-electron chi connectivity index (χ3n) is 3.84. The van der Waals surface area contributed by atoms with Crippen LogP contribution in [0.3, 0.4) is 0 Å².